The van der Waals surface area contributed by atoms with Gasteiger partial charge in [0.15, 0.2) is 0 Å². The maximum Gasteiger partial charge on any atom is 0.221 e. The van der Waals surface area contributed by atoms with E-state index in [2.05, 4.69) is 22.4 Å². The van der Waals surface area contributed by atoms with Crippen molar-refractivity contribution in [3.63, 3.8) is 0 Å². The van der Waals surface area contributed by atoms with Crippen LogP contribution in [0.25, 0.3) is 5.65 Å². The molecule has 2 heterocycles. The molecule has 1 aliphatic rings. The number of pyridine rings is 1. The van der Waals surface area contributed by atoms with Crippen molar-refractivity contribution in [1.82, 2.24) is 14.7 Å². The van der Waals surface area contributed by atoms with Crippen LogP contribution in [0.5, 0.6) is 0 Å². The van der Waals surface area contributed by atoms with E-state index in [4.69, 9.17) is 11.6 Å². The Morgan fingerprint density at radius 1 is 1.15 bits per heavy atom. The molecular formula is C22H24ClN3O. The molecule has 0 saturated heterocycles. The van der Waals surface area contributed by atoms with Crippen molar-refractivity contribution >= 4 is 23.2 Å². The third kappa shape index (κ3) is 4.16. The molecule has 1 unspecified atom stereocenters. The molecule has 0 bridgehead atoms. The lowest BCUT2D eigenvalue weighted by Crippen LogP contribution is -2.37. The number of nitrogens with one attached hydrogen (secondary N) is 1. The summed E-state index contributed by atoms with van der Waals surface area (Å²) in [5, 5.41) is 3.90. The number of imidazole rings is 1. The van der Waals surface area contributed by atoms with Crippen LogP contribution in [0.3, 0.4) is 0 Å². The number of nitrogens with zero attached hydrogens (tertiary/aromatic N) is 2. The summed E-state index contributed by atoms with van der Waals surface area (Å²) in [4.78, 5) is 17.3. The third-order valence-electron chi connectivity index (χ3n) is 5.42. The van der Waals surface area contributed by atoms with Crippen LogP contribution in [0, 0.1) is 0 Å². The van der Waals surface area contributed by atoms with Gasteiger partial charge in [-0.25, -0.2) is 4.98 Å². The Hall–Kier alpha value is -2.33. The first-order valence-corrected chi connectivity index (χ1v) is 10.1. The van der Waals surface area contributed by atoms with E-state index >= 15 is 0 Å². The zero-order valence-corrected chi connectivity index (χ0v) is 16.0. The first-order chi connectivity index (χ1) is 13.2. The summed E-state index contributed by atoms with van der Waals surface area (Å²) in [5.74, 6) is 0.0380. The molecule has 2 aromatic heterocycles. The van der Waals surface area contributed by atoms with Crippen molar-refractivity contribution in [1.29, 1.82) is 0 Å². The van der Waals surface area contributed by atoms with Crippen LogP contribution < -0.4 is 5.32 Å². The van der Waals surface area contributed by atoms with Crippen LogP contribution >= 0.6 is 11.6 Å². The number of halogens is 1. The highest BCUT2D eigenvalue weighted by molar-refractivity contribution is 6.30. The number of rotatable bonds is 5. The van der Waals surface area contributed by atoms with Gasteiger partial charge in [-0.3, -0.25) is 4.79 Å². The average molecular weight is 382 g/mol. The number of amides is 1. The van der Waals surface area contributed by atoms with E-state index in [-0.39, 0.29) is 11.8 Å². The van der Waals surface area contributed by atoms with Crippen molar-refractivity contribution in [2.45, 2.75) is 50.5 Å². The minimum absolute atomic E-state index is 0.0664. The zero-order chi connectivity index (χ0) is 18.6. The van der Waals surface area contributed by atoms with E-state index in [1.165, 1.54) is 19.3 Å². The van der Waals surface area contributed by atoms with Gasteiger partial charge in [0.25, 0.3) is 0 Å². The second-order valence-corrected chi connectivity index (χ2v) is 7.76. The molecular weight excluding hydrogens is 358 g/mol. The van der Waals surface area contributed by atoms with Gasteiger partial charge in [0.2, 0.25) is 5.91 Å². The van der Waals surface area contributed by atoms with Crippen molar-refractivity contribution in [3.8, 4) is 0 Å². The lowest BCUT2D eigenvalue weighted by Gasteiger charge is -2.24. The maximum absolute atomic E-state index is 12.8. The standard InChI is InChI=1S/C22H24ClN3O/c23-17-11-12-21-24-14-20(26(21)15-17)19(16-7-3-1-4-8-16)13-22(27)25-18-9-5-2-6-10-18/h1,3-4,7-8,11-12,14-15,18-19H,2,5-6,9-10,13H2,(H,25,27). The smallest absolute Gasteiger partial charge is 0.221 e. The normalized spacial score (nSPS) is 16.3. The summed E-state index contributed by atoms with van der Waals surface area (Å²) in [6.45, 7) is 0. The molecule has 1 fully saturated rings. The molecule has 4 nitrogen and oxygen atoms in total. The molecule has 140 valence electrons. The summed E-state index contributed by atoms with van der Waals surface area (Å²) in [7, 11) is 0. The zero-order valence-electron chi connectivity index (χ0n) is 15.3. The Morgan fingerprint density at radius 3 is 2.70 bits per heavy atom. The topological polar surface area (TPSA) is 46.4 Å². The maximum atomic E-state index is 12.8. The van der Waals surface area contributed by atoms with Gasteiger partial charge in [-0.1, -0.05) is 61.2 Å². The Labute approximate surface area is 164 Å². The van der Waals surface area contributed by atoms with Crippen LogP contribution in [-0.4, -0.2) is 21.3 Å². The van der Waals surface area contributed by atoms with E-state index in [9.17, 15) is 4.79 Å². The van der Waals surface area contributed by atoms with Gasteiger partial charge in [-0.05, 0) is 30.5 Å². The average Bonchev–Trinajstić information content (AvgIpc) is 3.10. The molecule has 5 heteroatoms. The molecule has 1 saturated carbocycles. The number of carbonyl (C=O) groups excluding carboxylic acids is 1. The monoisotopic (exact) mass is 381 g/mol. The van der Waals surface area contributed by atoms with Crippen LogP contribution in [0.4, 0.5) is 0 Å². The van der Waals surface area contributed by atoms with Crippen LogP contribution in [0.2, 0.25) is 5.02 Å². The largest absolute Gasteiger partial charge is 0.353 e. The van der Waals surface area contributed by atoms with Gasteiger partial charge >= 0.3 is 0 Å². The number of benzene rings is 1. The number of carbonyl (C=O) groups is 1. The summed E-state index contributed by atoms with van der Waals surface area (Å²) < 4.78 is 1.99. The van der Waals surface area contributed by atoms with Crippen molar-refractivity contribution in [3.05, 3.63) is 71.1 Å². The van der Waals surface area contributed by atoms with E-state index < -0.39 is 0 Å². The molecule has 1 aromatic carbocycles. The predicted octanol–water partition coefficient (Wildman–Crippen LogP) is 4.96. The van der Waals surface area contributed by atoms with E-state index in [0.29, 0.717) is 17.5 Å². The number of hydrogen-bond donors (Lipinski definition) is 1. The molecule has 27 heavy (non-hydrogen) atoms. The van der Waals surface area contributed by atoms with Crippen molar-refractivity contribution in [2.75, 3.05) is 0 Å². The Morgan fingerprint density at radius 2 is 1.93 bits per heavy atom. The second-order valence-electron chi connectivity index (χ2n) is 7.33. The fourth-order valence-corrected chi connectivity index (χ4v) is 4.19. The number of fused-ring (bicyclic) bond motifs is 1. The minimum Gasteiger partial charge on any atom is -0.353 e. The first-order valence-electron chi connectivity index (χ1n) is 9.67. The molecule has 3 aromatic rings. The van der Waals surface area contributed by atoms with Crippen molar-refractivity contribution in [2.24, 2.45) is 0 Å². The van der Waals surface area contributed by atoms with Gasteiger partial charge < -0.3 is 9.72 Å². The molecule has 0 spiro atoms. The van der Waals surface area contributed by atoms with E-state index in [1.54, 1.807) is 0 Å². The van der Waals surface area contributed by atoms with Crippen LogP contribution in [0.15, 0.2) is 54.9 Å². The van der Waals surface area contributed by atoms with Crippen molar-refractivity contribution < 1.29 is 4.79 Å². The molecule has 1 amide bonds. The lowest BCUT2D eigenvalue weighted by atomic mass is 9.91. The Balaban J connectivity index is 1.63. The summed E-state index contributed by atoms with van der Waals surface area (Å²) in [5.41, 5.74) is 2.93. The van der Waals surface area contributed by atoms with E-state index in [0.717, 1.165) is 29.7 Å². The SMILES string of the molecule is O=C(CC(c1ccccc1)c1cnc2ccc(Cl)cn12)NC1CCCCC1. The Bertz CT molecular complexity index is 916. The highest BCUT2D eigenvalue weighted by atomic mass is 35.5. The summed E-state index contributed by atoms with van der Waals surface area (Å²) >= 11 is 6.20. The third-order valence-corrected chi connectivity index (χ3v) is 5.64. The number of hydrogen-bond acceptors (Lipinski definition) is 2. The summed E-state index contributed by atoms with van der Waals surface area (Å²) in [6, 6.07) is 14.2. The van der Waals surface area contributed by atoms with Crippen LogP contribution in [-0.2, 0) is 4.79 Å². The summed E-state index contributed by atoms with van der Waals surface area (Å²) in [6.07, 6.45) is 10.0. The number of aromatic nitrogens is 2. The van der Waals surface area contributed by atoms with E-state index in [1.807, 2.05) is 47.1 Å². The fourth-order valence-electron chi connectivity index (χ4n) is 4.03. The molecule has 4 rings (SSSR count). The fraction of sp³-hybridized carbons (Fsp3) is 0.364. The van der Waals surface area contributed by atoms with Gasteiger partial charge in [0.05, 0.1) is 10.7 Å². The van der Waals surface area contributed by atoms with Gasteiger partial charge in [-0.2, -0.15) is 0 Å². The lowest BCUT2D eigenvalue weighted by molar-refractivity contribution is -0.122. The molecule has 1 aliphatic carbocycles. The minimum atomic E-state index is -0.0664. The van der Waals surface area contributed by atoms with Gasteiger partial charge in [0.1, 0.15) is 5.65 Å². The highest BCUT2D eigenvalue weighted by Gasteiger charge is 2.23. The van der Waals surface area contributed by atoms with Gasteiger partial charge in [0, 0.05) is 30.8 Å². The highest BCUT2D eigenvalue weighted by Crippen LogP contribution is 2.29. The first kappa shape index (κ1) is 18.1. The quantitative estimate of drug-likeness (QED) is 0.679. The van der Waals surface area contributed by atoms with Gasteiger partial charge in [-0.15, -0.1) is 0 Å². The van der Waals surface area contributed by atoms with Crippen LogP contribution in [0.1, 0.15) is 55.7 Å². The Kier molecular flexibility index (Phi) is 5.44. The molecule has 0 aliphatic heterocycles. The second kappa shape index (κ2) is 8.13. The predicted molar refractivity (Wildman–Crippen MR) is 108 cm³/mol. The molecule has 1 N–H and O–H groups in total. The molecule has 0 radical (unpaired) electrons. The molecule has 1 atom stereocenters.